The van der Waals surface area contributed by atoms with E-state index in [1.54, 1.807) is 31.4 Å². The largest absolute Gasteiger partial charge is 0.493 e. The number of hydrogen-bond donors (Lipinski definition) is 0. The summed E-state index contributed by atoms with van der Waals surface area (Å²) in [5, 5.41) is 0. The lowest BCUT2D eigenvalue weighted by atomic mass is 10.0. The summed E-state index contributed by atoms with van der Waals surface area (Å²) >= 11 is 0. The molecule has 0 spiro atoms. The van der Waals surface area contributed by atoms with E-state index in [2.05, 4.69) is 0 Å². The summed E-state index contributed by atoms with van der Waals surface area (Å²) in [5.74, 6) is 0.800. The minimum absolute atomic E-state index is 0.0737. The highest BCUT2D eigenvalue weighted by molar-refractivity contribution is 5.95. The molecule has 1 saturated heterocycles. The molecule has 1 heterocycles. The normalized spacial score (nSPS) is 16.8. The Morgan fingerprint density at radius 3 is 2.80 bits per heavy atom. The van der Waals surface area contributed by atoms with Gasteiger partial charge in [0.05, 0.1) is 19.8 Å². The number of halogens is 1. The maximum atomic E-state index is 13.6. The van der Waals surface area contributed by atoms with Crippen molar-refractivity contribution < 1.29 is 18.7 Å². The number of carbonyl (C=O) groups excluding carboxylic acids is 1. The van der Waals surface area contributed by atoms with Gasteiger partial charge >= 0.3 is 0 Å². The monoisotopic (exact) mass is 343 g/mol. The Morgan fingerprint density at radius 2 is 2.08 bits per heavy atom. The predicted octanol–water partition coefficient (Wildman–Crippen LogP) is 4.21. The van der Waals surface area contributed by atoms with Gasteiger partial charge in [-0.25, -0.2) is 4.39 Å². The van der Waals surface area contributed by atoms with Crippen LogP contribution in [0.5, 0.6) is 11.5 Å². The molecule has 5 heteroatoms. The van der Waals surface area contributed by atoms with Crippen molar-refractivity contribution in [1.29, 1.82) is 0 Å². The number of methoxy groups -OCH3 is 1. The number of rotatable bonds is 5. The second-order valence-corrected chi connectivity index (χ2v) is 6.01. The molecule has 1 unspecified atom stereocenters. The van der Waals surface area contributed by atoms with Gasteiger partial charge in [-0.05, 0) is 55.7 Å². The lowest BCUT2D eigenvalue weighted by molar-refractivity contribution is 0.0735. The third-order valence-corrected chi connectivity index (χ3v) is 4.46. The summed E-state index contributed by atoms with van der Waals surface area (Å²) in [5.41, 5.74) is 1.39. The maximum Gasteiger partial charge on any atom is 0.254 e. The van der Waals surface area contributed by atoms with Gasteiger partial charge in [-0.15, -0.1) is 0 Å². The van der Waals surface area contributed by atoms with Crippen LogP contribution < -0.4 is 9.47 Å². The first kappa shape index (κ1) is 17.3. The molecule has 0 aliphatic carbocycles. The van der Waals surface area contributed by atoms with Crippen LogP contribution >= 0.6 is 0 Å². The zero-order valence-electron chi connectivity index (χ0n) is 14.5. The molecule has 2 aromatic rings. The van der Waals surface area contributed by atoms with E-state index >= 15 is 0 Å². The molecule has 0 saturated carbocycles. The fourth-order valence-electron chi connectivity index (χ4n) is 3.31. The highest BCUT2D eigenvalue weighted by Gasteiger charge is 2.31. The van der Waals surface area contributed by atoms with Crippen molar-refractivity contribution in [2.24, 2.45) is 0 Å². The molecule has 0 N–H and O–H groups in total. The van der Waals surface area contributed by atoms with E-state index in [0.29, 0.717) is 30.2 Å². The molecule has 0 radical (unpaired) electrons. The van der Waals surface area contributed by atoms with Crippen LogP contribution in [0.25, 0.3) is 0 Å². The van der Waals surface area contributed by atoms with Crippen LogP contribution in [-0.4, -0.2) is 31.1 Å². The van der Waals surface area contributed by atoms with E-state index in [1.165, 1.54) is 12.1 Å². The Hall–Kier alpha value is -2.56. The van der Waals surface area contributed by atoms with Crippen molar-refractivity contribution in [3.63, 3.8) is 0 Å². The highest BCUT2D eigenvalue weighted by Crippen LogP contribution is 2.35. The Morgan fingerprint density at radius 1 is 1.24 bits per heavy atom. The average molecular weight is 343 g/mol. The molecule has 0 bridgehead atoms. The van der Waals surface area contributed by atoms with Gasteiger partial charge < -0.3 is 14.4 Å². The smallest absolute Gasteiger partial charge is 0.254 e. The van der Waals surface area contributed by atoms with E-state index in [0.717, 1.165) is 18.4 Å². The summed E-state index contributed by atoms with van der Waals surface area (Å²) in [7, 11) is 1.57. The first-order valence-corrected chi connectivity index (χ1v) is 8.51. The summed E-state index contributed by atoms with van der Waals surface area (Å²) in [6, 6.07) is 11.6. The average Bonchev–Trinajstić information content (AvgIpc) is 3.11. The van der Waals surface area contributed by atoms with Gasteiger partial charge in [-0.3, -0.25) is 4.79 Å². The van der Waals surface area contributed by atoms with E-state index in [1.807, 2.05) is 17.9 Å². The number of benzene rings is 2. The molecule has 1 aliphatic rings. The molecule has 4 nitrogen and oxygen atoms in total. The quantitative estimate of drug-likeness (QED) is 0.816. The van der Waals surface area contributed by atoms with Crippen LogP contribution in [0.1, 0.15) is 41.7 Å². The van der Waals surface area contributed by atoms with Crippen molar-refractivity contribution in [2.75, 3.05) is 20.3 Å². The minimum Gasteiger partial charge on any atom is -0.493 e. The van der Waals surface area contributed by atoms with E-state index in [-0.39, 0.29) is 17.8 Å². The third kappa shape index (κ3) is 3.60. The number of hydrogen-bond acceptors (Lipinski definition) is 3. The second kappa shape index (κ2) is 7.55. The number of carbonyl (C=O) groups is 1. The lowest BCUT2D eigenvalue weighted by Crippen LogP contribution is -2.30. The van der Waals surface area contributed by atoms with Crippen LogP contribution in [0.15, 0.2) is 42.5 Å². The summed E-state index contributed by atoms with van der Waals surface area (Å²) in [4.78, 5) is 14.8. The van der Waals surface area contributed by atoms with Crippen molar-refractivity contribution >= 4 is 5.91 Å². The molecule has 1 amide bonds. The first-order valence-electron chi connectivity index (χ1n) is 8.51. The highest BCUT2D eigenvalue weighted by atomic mass is 19.1. The SMILES string of the molecule is CCOc1cc(C(=O)N2CCCC2c2cccc(F)c2)ccc1OC. The Balaban J connectivity index is 1.88. The van der Waals surface area contributed by atoms with Gasteiger partial charge in [-0.1, -0.05) is 12.1 Å². The molecular weight excluding hydrogens is 321 g/mol. The summed E-state index contributed by atoms with van der Waals surface area (Å²) in [6.45, 7) is 3.04. The van der Waals surface area contributed by atoms with Gasteiger partial charge in [0.15, 0.2) is 11.5 Å². The number of amides is 1. The van der Waals surface area contributed by atoms with Crippen molar-refractivity contribution in [2.45, 2.75) is 25.8 Å². The molecule has 3 rings (SSSR count). The fraction of sp³-hybridized carbons (Fsp3) is 0.350. The van der Waals surface area contributed by atoms with E-state index in [4.69, 9.17) is 9.47 Å². The maximum absolute atomic E-state index is 13.6. The standard InChI is InChI=1S/C20H22FNO3/c1-3-25-19-13-15(9-10-18(19)24-2)20(23)22-11-5-8-17(22)14-6-4-7-16(21)12-14/h4,6-7,9-10,12-13,17H,3,5,8,11H2,1-2H3. The van der Waals surface area contributed by atoms with Crippen LogP contribution in [0, 0.1) is 5.82 Å². The van der Waals surface area contributed by atoms with Gasteiger partial charge in [0.1, 0.15) is 5.82 Å². The van der Waals surface area contributed by atoms with Crippen LogP contribution in [-0.2, 0) is 0 Å². The predicted molar refractivity (Wildman–Crippen MR) is 93.6 cm³/mol. The molecule has 1 aliphatic heterocycles. The van der Waals surface area contributed by atoms with Gasteiger partial charge in [0.2, 0.25) is 0 Å². The molecule has 25 heavy (non-hydrogen) atoms. The Kier molecular flexibility index (Phi) is 5.22. The Labute approximate surface area is 147 Å². The molecule has 132 valence electrons. The minimum atomic E-state index is -0.278. The topological polar surface area (TPSA) is 38.8 Å². The zero-order valence-corrected chi connectivity index (χ0v) is 14.5. The van der Waals surface area contributed by atoms with Crippen LogP contribution in [0.4, 0.5) is 4.39 Å². The molecule has 1 fully saturated rings. The lowest BCUT2D eigenvalue weighted by Gasteiger charge is -2.25. The number of likely N-dealkylation sites (tertiary alicyclic amines) is 1. The van der Waals surface area contributed by atoms with Crippen LogP contribution in [0.3, 0.4) is 0 Å². The van der Waals surface area contributed by atoms with Gasteiger partial charge in [0, 0.05) is 12.1 Å². The van der Waals surface area contributed by atoms with E-state index in [9.17, 15) is 9.18 Å². The fourth-order valence-corrected chi connectivity index (χ4v) is 3.31. The van der Waals surface area contributed by atoms with Crippen molar-refractivity contribution in [3.8, 4) is 11.5 Å². The molecule has 2 aromatic carbocycles. The van der Waals surface area contributed by atoms with Crippen molar-refractivity contribution in [1.82, 2.24) is 4.90 Å². The summed E-state index contributed by atoms with van der Waals surface area (Å²) in [6.07, 6.45) is 1.74. The first-order chi connectivity index (χ1) is 12.1. The molecule has 1 atom stereocenters. The molecular formula is C20H22FNO3. The molecule has 0 aromatic heterocycles. The van der Waals surface area contributed by atoms with Crippen LogP contribution in [0.2, 0.25) is 0 Å². The zero-order chi connectivity index (χ0) is 17.8. The van der Waals surface area contributed by atoms with Gasteiger partial charge in [0.25, 0.3) is 5.91 Å². The van der Waals surface area contributed by atoms with E-state index < -0.39 is 0 Å². The summed E-state index contributed by atoms with van der Waals surface area (Å²) < 4.78 is 24.4. The Bertz CT molecular complexity index is 762. The third-order valence-electron chi connectivity index (χ3n) is 4.46. The van der Waals surface area contributed by atoms with Gasteiger partial charge in [-0.2, -0.15) is 0 Å². The number of nitrogens with zero attached hydrogens (tertiary/aromatic N) is 1. The second-order valence-electron chi connectivity index (χ2n) is 6.01. The van der Waals surface area contributed by atoms with Crippen molar-refractivity contribution in [3.05, 3.63) is 59.4 Å². The number of ether oxygens (including phenoxy) is 2.